The van der Waals surface area contributed by atoms with Gasteiger partial charge in [-0.25, -0.2) is 0 Å². The largest absolute Gasteiger partial charge is 0.371 e. The first-order valence-electron chi connectivity index (χ1n) is 12.5. The number of aromatic nitrogens is 1. The van der Waals surface area contributed by atoms with Crippen LogP contribution in [-0.4, -0.2) is 67.6 Å². The van der Waals surface area contributed by atoms with Gasteiger partial charge in [0.2, 0.25) is 0 Å². The summed E-state index contributed by atoms with van der Waals surface area (Å²) in [7, 11) is 6.86. The highest BCUT2D eigenvalue weighted by molar-refractivity contribution is 5.58. The average molecular weight is 434 g/mol. The fraction of sp³-hybridized carbons (Fsp3) is 0.593. The Kier molecular flexibility index (Phi) is 6.49. The van der Waals surface area contributed by atoms with Crippen LogP contribution < -0.4 is 10.2 Å². The molecule has 32 heavy (non-hydrogen) atoms. The molecule has 3 heterocycles. The van der Waals surface area contributed by atoms with Gasteiger partial charge in [-0.1, -0.05) is 18.2 Å². The van der Waals surface area contributed by atoms with Crippen molar-refractivity contribution < 1.29 is 0 Å². The standard InChI is InChI=1S/C27H39N5/c1-30-15-12-23(13-16-30)32(3)25-10-5-8-21-18-29-22(17-24(21)25)19-31(2)26-11-4-7-20-9-6-14-28-27(20)26/h5-6,8-10,14,22-23,26,29H,4,7,11-13,15-19H2,1-3H3/t22-,26-/m0/s1. The number of hydrogen-bond acceptors (Lipinski definition) is 5. The first-order valence-corrected chi connectivity index (χ1v) is 12.5. The van der Waals surface area contributed by atoms with E-state index in [1.807, 2.05) is 6.20 Å². The third-order valence-electron chi connectivity index (χ3n) is 8.10. The summed E-state index contributed by atoms with van der Waals surface area (Å²) < 4.78 is 0. The van der Waals surface area contributed by atoms with Crippen LogP contribution in [0.25, 0.3) is 0 Å². The molecular weight excluding hydrogens is 394 g/mol. The van der Waals surface area contributed by atoms with Crippen LogP contribution in [0.1, 0.15) is 54.1 Å². The minimum atomic E-state index is 0.445. The fourth-order valence-electron chi connectivity index (χ4n) is 6.12. The molecule has 5 heteroatoms. The number of aryl methyl sites for hydroxylation is 1. The minimum Gasteiger partial charge on any atom is -0.371 e. The maximum absolute atomic E-state index is 4.77. The second-order valence-electron chi connectivity index (χ2n) is 10.2. The molecule has 2 aliphatic heterocycles. The summed E-state index contributed by atoms with van der Waals surface area (Å²) >= 11 is 0. The second-order valence-corrected chi connectivity index (χ2v) is 10.2. The molecule has 0 unspecified atom stereocenters. The first-order chi connectivity index (χ1) is 15.6. The van der Waals surface area contributed by atoms with Crippen molar-refractivity contribution in [2.75, 3.05) is 45.7 Å². The normalized spacial score (nSPS) is 24.2. The Bertz CT molecular complexity index is 920. The Balaban J connectivity index is 1.30. The molecule has 1 saturated heterocycles. The molecule has 1 fully saturated rings. The zero-order valence-electron chi connectivity index (χ0n) is 20.1. The van der Waals surface area contributed by atoms with Gasteiger partial charge >= 0.3 is 0 Å². The highest BCUT2D eigenvalue weighted by atomic mass is 15.2. The van der Waals surface area contributed by atoms with Gasteiger partial charge in [0.1, 0.15) is 0 Å². The number of hydrogen-bond donors (Lipinski definition) is 1. The smallest absolute Gasteiger partial charge is 0.0607 e. The Morgan fingerprint density at radius 3 is 2.72 bits per heavy atom. The summed E-state index contributed by atoms with van der Waals surface area (Å²) in [6.07, 6.45) is 9.24. The summed E-state index contributed by atoms with van der Waals surface area (Å²) in [6, 6.07) is 12.8. The van der Waals surface area contributed by atoms with Crippen LogP contribution in [-0.2, 0) is 19.4 Å². The average Bonchev–Trinajstić information content (AvgIpc) is 2.83. The molecule has 1 aromatic heterocycles. The van der Waals surface area contributed by atoms with Crippen LogP contribution in [0.4, 0.5) is 5.69 Å². The maximum atomic E-state index is 4.77. The number of pyridine rings is 1. The lowest BCUT2D eigenvalue weighted by Gasteiger charge is -2.40. The molecule has 5 nitrogen and oxygen atoms in total. The Hall–Kier alpha value is -1.95. The first kappa shape index (κ1) is 21.9. The molecular formula is C27H39N5. The van der Waals surface area contributed by atoms with Gasteiger partial charge in [0, 0.05) is 44.1 Å². The van der Waals surface area contributed by atoms with Crippen molar-refractivity contribution in [3.63, 3.8) is 0 Å². The number of anilines is 1. The van der Waals surface area contributed by atoms with Crippen LogP contribution >= 0.6 is 0 Å². The monoisotopic (exact) mass is 433 g/mol. The van der Waals surface area contributed by atoms with Crippen LogP contribution in [0.5, 0.6) is 0 Å². The van der Waals surface area contributed by atoms with Gasteiger partial charge in [-0.05, 0) is 94.5 Å². The van der Waals surface area contributed by atoms with Gasteiger partial charge in [0.15, 0.2) is 0 Å². The molecule has 0 saturated carbocycles. The number of benzene rings is 1. The molecule has 1 aliphatic carbocycles. The SMILES string of the molecule is CN1CCC(N(C)c2cccc3c2C[C@@H](CN(C)[C@H]2CCCc4cccnc42)NC3)CC1. The van der Waals surface area contributed by atoms with E-state index in [0.29, 0.717) is 18.1 Å². The van der Waals surface area contributed by atoms with Crippen LogP contribution in [0.15, 0.2) is 36.5 Å². The van der Waals surface area contributed by atoms with Crippen molar-refractivity contribution in [3.8, 4) is 0 Å². The van der Waals surface area contributed by atoms with Crippen LogP contribution in [0.3, 0.4) is 0 Å². The Morgan fingerprint density at radius 2 is 1.88 bits per heavy atom. The van der Waals surface area contributed by atoms with E-state index in [-0.39, 0.29) is 0 Å². The Morgan fingerprint density at radius 1 is 1.06 bits per heavy atom. The topological polar surface area (TPSA) is 34.6 Å². The van der Waals surface area contributed by atoms with Crippen molar-refractivity contribution in [1.29, 1.82) is 0 Å². The summed E-state index contributed by atoms with van der Waals surface area (Å²) in [5.41, 5.74) is 7.25. The third-order valence-corrected chi connectivity index (χ3v) is 8.10. The molecule has 2 aromatic rings. The fourth-order valence-corrected chi connectivity index (χ4v) is 6.12. The summed E-state index contributed by atoms with van der Waals surface area (Å²) in [4.78, 5) is 12.4. The number of nitrogens with zero attached hydrogens (tertiary/aromatic N) is 4. The van der Waals surface area contributed by atoms with Crippen molar-refractivity contribution in [3.05, 3.63) is 58.9 Å². The van der Waals surface area contributed by atoms with E-state index in [4.69, 9.17) is 4.98 Å². The number of nitrogens with one attached hydrogen (secondary N) is 1. The van der Waals surface area contributed by atoms with Crippen molar-refractivity contribution >= 4 is 5.69 Å². The van der Waals surface area contributed by atoms with E-state index in [1.54, 1.807) is 5.56 Å². The van der Waals surface area contributed by atoms with Gasteiger partial charge in [-0.2, -0.15) is 0 Å². The number of likely N-dealkylation sites (tertiary alicyclic amines) is 1. The zero-order valence-corrected chi connectivity index (χ0v) is 20.1. The van der Waals surface area contributed by atoms with E-state index in [0.717, 1.165) is 19.5 Å². The molecule has 1 aromatic carbocycles. The summed E-state index contributed by atoms with van der Waals surface area (Å²) in [5, 5.41) is 3.83. The third kappa shape index (κ3) is 4.43. The van der Waals surface area contributed by atoms with E-state index in [2.05, 4.69) is 71.5 Å². The molecule has 3 aliphatic rings. The summed E-state index contributed by atoms with van der Waals surface area (Å²) in [6.45, 7) is 4.45. The molecule has 0 spiro atoms. The van der Waals surface area contributed by atoms with Gasteiger partial charge in [0.05, 0.1) is 11.7 Å². The lowest BCUT2D eigenvalue weighted by Crippen LogP contribution is -2.46. The molecule has 2 atom stereocenters. The maximum Gasteiger partial charge on any atom is 0.0607 e. The number of likely N-dealkylation sites (N-methyl/N-ethyl adjacent to an activating group) is 1. The molecule has 0 radical (unpaired) electrons. The summed E-state index contributed by atoms with van der Waals surface area (Å²) in [5.74, 6) is 0. The van der Waals surface area contributed by atoms with E-state index in [9.17, 15) is 0 Å². The second kappa shape index (κ2) is 9.50. The van der Waals surface area contributed by atoms with Gasteiger partial charge in [-0.3, -0.25) is 9.88 Å². The molecule has 5 rings (SSSR count). The van der Waals surface area contributed by atoms with Gasteiger partial charge < -0.3 is 15.1 Å². The Labute approximate surface area is 193 Å². The lowest BCUT2D eigenvalue weighted by molar-refractivity contribution is 0.191. The van der Waals surface area contributed by atoms with Crippen molar-refractivity contribution in [2.24, 2.45) is 0 Å². The molecule has 0 bridgehead atoms. The highest BCUT2D eigenvalue weighted by Gasteiger charge is 2.30. The van der Waals surface area contributed by atoms with E-state index >= 15 is 0 Å². The van der Waals surface area contributed by atoms with Crippen LogP contribution in [0.2, 0.25) is 0 Å². The number of fused-ring (bicyclic) bond motifs is 2. The van der Waals surface area contributed by atoms with Crippen LogP contribution in [0, 0.1) is 0 Å². The number of rotatable bonds is 5. The molecule has 172 valence electrons. The van der Waals surface area contributed by atoms with Crippen molar-refractivity contribution in [2.45, 2.75) is 63.2 Å². The minimum absolute atomic E-state index is 0.445. The predicted molar refractivity (Wildman–Crippen MR) is 132 cm³/mol. The van der Waals surface area contributed by atoms with Crippen molar-refractivity contribution in [1.82, 2.24) is 20.1 Å². The quantitative estimate of drug-likeness (QED) is 0.779. The predicted octanol–water partition coefficient (Wildman–Crippen LogP) is 3.64. The number of piperidine rings is 1. The highest BCUT2D eigenvalue weighted by Crippen LogP contribution is 2.34. The van der Waals surface area contributed by atoms with E-state index in [1.165, 1.54) is 67.7 Å². The lowest BCUT2D eigenvalue weighted by atomic mass is 9.89. The van der Waals surface area contributed by atoms with Gasteiger partial charge in [-0.15, -0.1) is 0 Å². The molecule has 1 N–H and O–H groups in total. The van der Waals surface area contributed by atoms with Gasteiger partial charge in [0.25, 0.3) is 0 Å². The molecule has 0 amide bonds. The zero-order chi connectivity index (χ0) is 22.1. The van der Waals surface area contributed by atoms with E-state index < -0.39 is 0 Å².